The minimum atomic E-state index is -4.31. The van der Waals surface area contributed by atoms with Crippen molar-refractivity contribution in [3.05, 3.63) is 29.8 Å². The van der Waals surface area contributed by atoms with Gasteiger partial charge in [0.15, 0.2) is 0 Å². The van der Waals surface area contributed by atoms with Gasteiger partial charge in [0, 0.05) is 18.3 Å². The molecule has 1 saturated heterocycles. The van der Waals surface area contributed by atoms with E-state index in [2.05, 4.69) is 4.74 Å². The Bertz CT molecular complexity index is 669. The molecular formula is C17H20F4N2O3. The van der Waals surface area contributed by atoms with Crippen molar-refractivity contribution in [3.63, 3.8) is 0 Å². The Morgan fingerprint density at radius 1 is 1.35 bits per heavy atom. The number of aryl methyl sites for hydroxylation is 1. The summed E-state index contributed by atoms with van der Waals surface area (Å²) >= 11 is 0. The molecule has 1 fully saturated rings. The summed E-state index contributed by atoms with van der Waals surface area (Å²) in [7, 11) is 0. The number of ether oxygens (including phenoxy) is 1. The second kappa shape index (κ2) is 8.03. The van der Waals surface area contributed by atoms with Gasteiger partial charge in [0.1, 0.15) is 19.8 Å². The van der Waals surface area contributed by atoms with Crippen molar-refractivity contribution in [1.82, 2.24) is 4.90 Å². The Kier molecular flexibility index (Phi) is 6.22. The van der Waals surface area contributed by atoms with Gasteiger partial charge in [-0.3, -0.25) is 9.59 Å². The lowest BCUT2D eigenvalue weighted by Crippen LogP contribution is -2.58. The van der Waals surface area contributed by atoms with Gasteiger partial charge in [-0.2, -0.15) is 8.78 Å². The monoisotopic (exact) mass is 376 g/mol. The second-order valence-corrected chi connectivity index (χ2v) is 6.22. The van der Waals surface area contributed by atoms with Gasteiger partial charge in [-0.15, -0.1) is 0 Å². The number of amides is 2. The van der Waals surface area contributed by atoms with Crippen molar-refractivity contribution in [1.29, 1.82) is 0 Å². The zero-order valence-corrected chi connectivity index (χ0v) is 14.4. The Balaban J connectivity index is 1.96. The molecule has 2 amide bonds. The second-order valence-electron chi connectivity index (χ2n) is 6.22. The van der Waals surface area contributed by atoms with Gasteiger partial charge >= 0.3 is 12.3 Å². The van der Waals surface area contributed by atoms with Crippen molar-refractivity contribution in [2.75, 3.05) is 31.2 Å². The van der Waals surface area contributed by atoms with Crippen LogP contribution in [0.15, 0.2) is 24.3 Å². The third kappa shape index (κ3) is 4.51. The van der Waals surface area contributed by atoms with Crippen LogP contribution in [-0.4, -0.2) is 61.4 Å². The molecular weight excluding hydrogens is 356 g/mol. The number of para-hydroxylation sites is 1. The van der Waals surface area contributed by atoms with E-state index in [-0.39, 0.29) is 25.0 Å². The maximum atomic E-state index is 12.8. The van der Waals surface area contributed by atoms with Gasteiger partial charge in [-0.25, -0.2) is 8.78 Å². The van der Waals surface area contributed by atoms with Crippen LogP contribution in [0.2, 0.25) is 0 Å². The first kappa shape index (κ1) is 20.2. The molecule has 1 aromatic rings. The van der Waals surface area contributed by atoms with Gasteiger partial charge in [-0.05, 0) is 25.5 Å². The highest BCUT2D eigenvalue weighted by Crippen LogP contribution is 2.25. The molecule has 1 aromatic carbocycles. The van der Waals surface area contributed by atoms with Crippen molar-refractivity contribution >= 4 is 17.5 Å². The Morgan fingerprint density at radius 3 is 2.62 bits per heavy atom. The predicted octanol–water partition coefficient (Wildman–Crippen LogP) is 2.48. The fourth-order valence-electron chi connectivity index (χ4n) is 2.70. The largest absolute Gasteiger partial charge is 0.365 e. The summed E-state index contributed by atoms with van der Waals surface area (Å²) < 4.78 is 54.2. The number of alkyl halides is 4. The molecule has 1 aliphatic heterocycles. The number of halogens is 4. The van der Waals surface area contributed by atoms with Crippen molar-refractivity contribution in [3.8, 4) is 0 Å². The molecule has 1 aliphatic rings. The molecule has 0 spiro atoms. The first-order valence-corrected chi connectivity index (χ1v) is 8.02. The summed E-state index contributed by atoms with van der Waals surface area (Å²) in [5.74, 6) is -5.32. The normalized spacial score (nSPS) is 18.6. The van der Waals surface area contributed by atoms with Crippen molar-refractivity contribution in [2.24, 2.45) is 0 Å². The van der Waals surface area contributed by atoms with E-state index >= 15 is 0 Å². The molecule has 9 heteroatoms. The summed E-state index contributed by atoms with van der Waals surface area (Å²) in [5, 5.41) is 0. The molecule has 0 N–H and O–H groups in total. The van der Waals surface area contributed by atoms with Gasteiger partial charge in [0.2, 0.25) is 11.8 Å². The predicted molar refractivity (Wildman–Crippen MR) is 86.5 cm³/mol. The number of anilines is 1. The van der Waals surface area contributed by atoms with E-state index in [0.29, 0.717) is 0 Å². The summed E-state index contributed by atoms with van der Waals surface area (Å²) in [6.45, 7) is 1.24. The third-order valence-corrected chi connectivity index (χ3v) is 4.15. The van der Waals surface area contributed by atoms with Crippen LogP contribution in [0.1, 0.15) is 12.5 Å². The zero-order valence-electron chi connectivity index (χ0n) is 14.4. The minimum absolute atomic E-state index is 0.233. The summed E-state index contributed by atoms with van der Waals surface area (Å²) in [5.41, 5.74) is 1.65. The maximum absolute atomic E-state index is 12.8. The molecule has 1 atom stereocenters. The number of carbonyl (C=O) groups is 2. The Morgan fingerprint density at radius 2 is 2.00 bits per heavy atom. The average molecular weight is 376 g/mol. The van der Waals surface area contributed by atoms with Crippen LogP contribution in [0.5, 0.6) is 0 Å². The van der Waals surface area contributed by atoms with E-state index in [0.717, 1.165) is 11.3 Å². The van der Waals surface area contributed by atoms with Gasteiger partial charge < -0.3 is 14.5 Å². The first-order valence-electron chi connectivity index (χ1n) is 8.02. The molecule has 0 bridgehead atoms. The number of hydrogen-bond donors (Lipinski definition) is 0. The highest BCUT2D eigenvalue weighted by Gasteiger charge is 2.41. The minimum Gasteiger partial charge on any atom is -0.365 e. The topological polar surface area (TPSA) is 49.9 Å². The average Bonchev–Trinajstić information content (AvgIpc) is 2.56. The summed E-state index contributed by atoms with van der Waals surface area (Å²) in [4.78, 5) is 27.3. The first-order chi connectivity index (χ1) is 12.1. The molecule has 0 aliphatic carbocycles. The molecule has 26 heavy (non-hydrogen) atoms. The van der Waals surface area contributed by atoms with Crippen LogP contribution in [0.3, 0.4) is 0 Å². The van der Waals surface area contributed by atoms with Crippen LogP contribution in [0.4, 0.5) is 23.2 Å². The number of carbonyl (C=O) groups excluding carboxylic acids is 2. The maximum Gasteiger partial charge on any atom is 0.330 e. The molecule has 0 unspecified atom stereocenters. The van der Waals surface area contributed by atoms with E-state index in [1.165, 1.54) is 4.90 Å². The fourth-order valence-corrected chi connectivity index (χ4v) is 2.70. The number of hydrogen-bond acceptors (Lipinski definition) is 3. The SMILES string of the molecule is Cc1ccccc1N1C[C@H](C)N(C(=O)COCC(F)(F)C(F)F)CC1=O. The van der Waals surface area contributed by atoms with Crippen LogP contribution >= 0.6 is 0 Å². The van der Waals surface area contributed by atoms with E-state index in [1.807, 2.05) is 19.1 Å². The fraction of sp³-hybridized carbons (Fsp3) is 0.529. The molecule has 0 aromatic heterocycles. The highest BCUT2D eigenvalue weighted by atomic mass is 19.3. The number of piperazine rings is 1. The van der Waals surface area contributed by atoms with E-state index < -0.39 is 31.5 Å². The number of nitrogens with zero attached hydrogens (tertiary/aromatic N) is 2. The van der Waals surface area contributed by atoms with Crippen molar-refractivity contribution < 1.29 is 31.9 Å². The number of benzene rings is 1. The Labute approximate surface area is 148 Å². The summed E-state index contributed by atoms with van der Waals surface area (Å²) in [6, 6.07) is 6.93. The van der Waals surface area contributed by atoms with E-state index in [9.17, 15) is 27.2 Å². The standard InChI is InChI=1S/C17H20F4N2O3/c1-11-5-3-4-6-13(11)23-7-12(2)22(8-14(23)24)15(25)9-26-10-17(20,21)16(18)19/h3-6,12,16H,7-10H2,1-2H3/t12-/m0/s1. The number of rotatable bonds is 6. The lowest BCUT2D eigenvalue weighted by Gasteiger charge is -2.39. The van der Waals surface area contributed by atoms with Gasteiger partial charge in [0.25, 0.3) is 0 Å². The molecule has 2 rings (SSSR count). The van der Waals surface area contributed by atoms with Crippen LogP contribution in [-0.2, 0) is 14.3 Å². The molecule has 0 saturated carbocycles. The quantitative estimate of drug-likeness (QED) is 0.717. The molecule has 144 valence electrons. The van der Waals surface area contributed by atoms with Gasteiger partial charge in [0.05, 0.1) is 0 Å². The lowest BCUT2D eigenvalue weighted by molar-refractivity contribution is -0.172. The molecule has 0 radical (unpaired) electrons. The molecule has 1 heterocycles. The lowest BCUT2D eigenvalue weighted by atomic mass is 10.1. The Hall–Kier alpha value is -2.16. The van der Waals surface area contributed by atoms with Crippen molar-refractivity contribution in [2.45, 2.75) is 32.2 Å². The zero-order chi connectivity index (χ0) is 19.5. The van der Waals surface area contributed by atoms with Crippen LogP contribution < -0.4 is 4.90 Å². The van der Waals surface area contributed by atoms with E-state index in [1.54, 1.807) is 24.0 Å². The highest BCUT2D eigenvalue weighted by molar-refractivity contribution is 5.98. The van der Waals surface area contributed by atoms with Crippen LogP contribution in [0.25, 0.3) is 0 Å². The summed E-state index contributed by atoms with van der Waals surface area (Å²) in [6.07, 6.45) is -3.87. The smallest absolute Gasteiger partial charge is 0.330 e. The third-order valence-electron chi connectivity index (χ3n) is 4.15. The van der Waals surface area contributed by atoms with Crippen LogP contribution in [0, 0.1) is 6.92 Å². The van der Waals surface area contributed by atoms with Gasteiger partial charge in [-0.1, -0.05) is 18.2 Å². The van der Waals surface area contributed by atoms with E-state index in [4.69, 9.17) is 0 Å². The molecule has 5 nitrogen and oxygen atoms in total.